The third-order valence-corrected chi connectivity index (χ3v) is 7.66. The van der Waals surface area contributed by atoms with E-state index in [-0.39, 0.29) is 31.7 Å². The van der Waals surface area contributed by atoms with E-state index in [4.69, 9.17) is 34.8 Å². The van der Waals surface area contributed by atoms with Gasteiger partial charge in [0.05, 0.1) is 10.0 Å². The molecule has 0 radical (unpaired) electrons. The number of carbonyl (C=O) groups is 1. The number of sulfonamides is 1. The molecule has 12 heteroatoms. The van der Waals surface area contributed by atoms with Gasteiger partial charge >= 0.3 is 0 Å². The molecule has 1 atom stereocenters. The van der Waals surface area contributed by atoms with Gasteiger partial charge in [-0.3, -0.25) is 9.52 Å². The summed E-state index contributed by atoms with van der Waals surface area (Å²) in [7, 11) is -4.01. The molecular weight excluding hydrogens is 503 g/mol. The molecule has 0 fully saturated rings. The zero-order chi connectivity index (χ0) is 22.8. The van der Waals surface area contributed by atoms with Gasteiger partial charge in [-0.05, 0) is 42.0 Å². The number of rotatable bonds is 7. The second-order valence-electron chi connectivity index (χ2n) is 6.26. The monoisotopic (exact) mass is 516 g/mol. The van der Waals surface area contributed by atoms with Crippen LogP contribution in [0, 0.1) is 0 Å². The lowest BCUT2D eigenvalue weighted by atomic mass is 10.1. The van der Waals surface area contributed by atoms with Crippen LogP contribution in [0.1, 0.15) is 17.7 Å². The van der Waals surface area contributed by atoms with Crippen molar-refractivity contribution in [3.63, 3.8) is 0 Å². The maximum atomic E-state index is 13.0. The van der Waals surface area contributed by atoms with E-state index in [9.17, 15) is 13.2 Å². The molecule has 0 saturated heterocycles. The van der Waals surface area contributed by atoms with Crippen molar-refractivity contribution in [3.05, 3.63) is 69.7 Å². The Morgan fingerprint density at radius 1 is 1.10 bits per heavy atom. The van der Waals surface area contributed by atoms with Crippen LogP contribution in [0.5, 0.6) is 0 Å². The van der Waals surface area contributed by atoms with Crippen LogP contribution in [0.25, 0.3) is 10.6 Å². The SMILES string of the molecule is C=CC(c1cc(Cl)c(Cl)cc1Cl)S(=O)(=O)Nc1nnc(-c2ccc(NC(C)=O)cc2)s1. The Balaban J connectivity index is 1.83. The number of anilines is 2. The molecule has 162 valence electrons. The van der Waals surface area contributed by atoms with Gasteiger partial charge in [-0.2, -0.15) is 0 Å². The van der Waals surface area contributed by atoms with Crippen LogP contribution in [0.2, 0.25) is 15.1 Å². The second-order valence-corrected chi connectivity index (χ2v) is 10.3. The molecule has 0 aliphatic heterocycles. The fourth-order valence-corrected chi connectivity index (χ4v) is 5.69. The van der Waals surface area contributed by atoms with Gasteiger partial charge in [0.2, 0.25) is 21.1 Å². The standard InChI is InChI=1S/C19H15Cl3N4O3S2/c1-3-17(13-8-15(21)16(22)9-14(13)20)31(28,29)26-19-25-24-18(30-19)11-4-6-12(7-5-11)23-10(2)27/h3-9,17H,1H2,2H3,(H,23,27)(H,25,26). The zero-order valence-corrected chi connectivity index (χ0v) is 19.8. The van der Waals surface area contributed by atoms with Gasteiger partial charge in [0.1, 0.15) is 10.3 Å². The van der Waals surface area contributed by atoms with Crippen LogP contribution in [-0.2, 0) is 14.8 Å². The fraction of sp³-hybridized carbons (Fsp3) is 0.105. The van der Waals surface area contributed by atoms with E-state index in [0.29, 0.717) is 16.3 Å². The van der Waals surface area contributed by atoms with Crippen molar-refractivity contribution >= 4 is 72.9 Å². The topological polar surface area (TPSA) is 101 Å². The summed E-state index contributed by atoms with van der Waals surface area (Å²) in [6.07, 6.45) is 1.23. The van der Waals surface area contributed by atoms with Gasteiger partial charge in [0.25, 0.3) is 0 Å². The summed E-state index contributed by atoms with van der Waals surface area (Å²) in [5.41, 5.74) is 1.58. The van der Waals surface area contributed by atoms with Gasteiger partial charge in [0.15, 0.2) is 0 Å². The van der Waals surface area contributed by atoms with Crippen molar-refractivity contribution in [1.29, 1.82) is 0 Å². The number of benzene rings is 2. The molecule has 2 N–H and O–H groups in total. The van der Waals surface area contributed by atoms with E-state index >= 15 is 0 Å². The molecule has 0 spiro atoms. The van der Waals surface area contributed by atoms with Gasteiger partial charge in [-0.25, -0.2) is 8.42 Å². The molecule has 0 saturated carbocycles. The zero-order valence-electron chi connectivity index (χ0n) is 15.9. The molecule has 1 aromatic heterocycles. The summed E-state index contributed by atoms with van der Waals surface area (Å²) in [6, 6.07) is 9.67. The summed E-state index contributed by atoms with van der Waals surface area (Å²) in [4.78, 5) is 11.1. The number of halogens is 3. The smallest absolute Gasteiger partial charge is 0.245 e. The number of nitrogens with zero attached hydrogens (tertiary/aromatic N) is 2. The third-order valence-electron chi connectivity index (χ3n) is 4.00. The minimum Gasteiger partial charge on any atom is -0.326 e. The maximum absolute atomic E-state index is 13.0. The van der Waals surface area contributed by atoms with Crippen LogP contribution < -0.4 is 10.0 Å². The van der Waals surface area contributed by atoms with E-state index < -0.39 is 15.3 Å². The summed E-state index contributed by atoms with van der Waals surface area (Å²) in [6.45, 7) is 5.02. The Kier molecular flexibility index (Phi) is 7.23. The molecule has 31 heavy (non-hydrogen) atoms. The van der Waals surface area contributed by atoms with E-state index in [1.165, 1.54) is 25.1 Å². The molecule has 0 aliphatic rings. The normalized spacial score (nSPS) is 12.3. The first-order valence-corrected chi connectivity index (χ1v) is 12.1. The van der Waals surface area contributed by atoms with Gasteiger partial charge in [-0.1, -0.05) is 52.2 Å². The largest absolute Gasteiger partial charge is 0.326 e. The molecular formula is C19H15Cl3N4O3S2. The predicted octanol–water partition coefficient (Wildman–Crippen LogP) is 5.79. The highest BCUT2D eigenvalue weighted by atomic mass is 35.5. The molecule has 1 amide bonds. The number of nitrogens with one attached hydrogen (secondary N) is 2. The molecule has 0 bridgehead atoms. The van der Waals surface area contributed by atoms with E-state index in [2.05, 4.69) is 26.8 Å². The third kappa shape index (κ3) is 5.55. The van der Waals surface area contributed by atoms with E-state index in [1.807, 2.05) is 0 Å². The first kappa shape index (κ1) is 23.5. The molecule has 1 unspecified atom stereocenters. The minimum absolute atomic E-state index is 0.0731. The average Bonchev–Trinajstić information content (AvgIpc) is 3.14. The number of carbonyl (C=O) groups excluding carboxylic acids is 1. The van der Waals surface area contributed by atoms with Crippen molar-refractivity contribution in [2.75, 3.05) is 10.0 Å². The highest BCUT2D eigenvalue weighted by molar-refractivity contribution is 7.93. The van der Waals surface area contributed by atoms with E-state index in [1.54, 1.807) is 24.3 Å². The number of amides is 1. The van der Waals surface area contributed by atoms with Crippen LogP contribution in [-0.4, -0.2) is 24.5 Å². The molecule has 1 heterocycles. The van der Waals surface area contributed by atoms with Crippen molar-refractivity contribution < 1.29 is 13.2 Å². The minimum atomic E-state index is -4.01. The van der Waals surface area contributed by atoms with Crippen LogP contribution >= 0.6 is 46.1 Å². The average molecular weight is 518 g/mol. The lowest BCUT2D eigenvalue weighted by molar-refractivity contribution is -0.114. The number of hydrogen-bond donors (Lipinski definition) is 2. The predicted molar refractivity (Wildman–Crippen MR) is 127 cm³/mol. The molecule has 2 aromatic carbocycles. The van der Waals surface area contributed by atoms with Crippen molar-refractivity contribution in [1.82, 2.24) is 10.2 Å². The Hall–Kier alpha value is -2.17. The lowest BCUT2D eigenvalue weighted by Crippen LogP contribution is -2.20. The molecule has 3 rings (SSSR count). The summed E-state index contributed by atoms with van der Waals surface area (Å²) in [5.74, 6) is -0.181. The second kappa shape index (κ2) is 9.54. The lowest BCUT2D eigenvalue weighted by Gasteiger charge is -2.16. The first-order valence-electron chi connectivity index (χ1n) is 8.61. The quantitative estimate of drug-likeness (QED) is 0.305. The van der Waals surface area contributed by atoms with Gasteiger partial charge in [-0.15, -0.1) is 16.8 Å². The summed E-state index contributed by atoms with van der Waals surface area (Å²) in [5, 5.41) is 10.5. The van der Waals surface area contributed by atoms with Gasteiger partial charge < -0.3 is 5.32 Å². The Labute approximate surface area is 198 Å². The number of aromatic nitrogens is 2. The Morgan fingerprint density at radius 3 is 2.35 bits per heavy atom. The number of hydrogen-bond acceptors (Lipinski definition) is 6. The van der Waals surface area contributed by atoms with Crippen LogP contribution in [0.4, 0.5) is 10.8 Å². The Bertz CT molecular complexity index is 1240. The van der Waals surface area contributed by atoms with Gasteiger partial charge in [0, 0.05) is 23.2 Å². The highest BCUT2D eigenvalue weighted by Crippen LogP contribution is 2.37. The maximum Gasteiger partial charge on any atom is 0.245 e. The molecule has 3 aromatic rings. The summed E-state index contributed by atoms with van der Waals surface area (Å²) >= 11 is 19.2. The first-order chi connectivity index (χ1) is 14.6. The van der Waals surface area contributed by atoms with Crippen LogP contribution in [0.3, 0.4) is 0 Å². The summed E-state index contributed by atoms with van der Waals surface area (Å²) < 4.78 is 28.3. The van der Waals surface area contributed by atoms with Crippen molar-refractivity contribution in [2.45, 2.75) is 12.2 Å². The molecule has 7 nitrogen and oxygen atoms in total. The van der Waals surface area contributed by atoms with Crippen LogP contribution in [0.15, 0.2) is 49.1 Å². The Morgan fingerprint density at radius 2 is 1.74 bits per heavy atom. The van der Waals surface area contributed by atoms with E-state index in [0.717, 1.165) is 11.3 Å². The van der Waals surface area contributed by atoms with Crippen molar-refractivity contribution in [2.24, 2.45) is 0 Å². The molecule has 0 aliphatic carbocycles. The van der Waals surface area contributed by atoms with Crippen molar-refractivity contribution in [3.8, 4) is 10.6 Å². The highest BCUT2D eigenvalue weighted by Gasteiger charge is 2.28. The fourth-order valence-electron chi connectivity index (χ4n) is 2.64.